The Morgan fingerprint density at radius 2 is 1.79 bits per heavy atom. The van der Waals surface area contributed by atoms with E-state index in [0.717, 1.165) is 19.7 Å². The number of nitrogens with zero attached hydrogens (tertiary/aromatic N) is 1. The van der Waals surface area contributed by atoms with Crippen LogP contribution in [0.15, 0.2) is 0 Å². The van der Waals surface area contributed by atoms with Gasteiger partial charge in [-0.2, -0.15) is 0 Å². The molecule has 0 aromatic heterocycles. The molecule has 0 aromatic rings. The molecule has 0 amide bonds. The third kappa shape index (κ3) is 7.22. The van der Waals surface area contributed by atoms with Crippen LogP contribution in [-0.4, -0.2) is 78.3 Å². The maximum atomic E-state index is 5.58. The van der Waals surface area contributed by atoms with Gasteiger partial charge >= 0.3 is 0 Å². The highest BCUT2D eigenvalue weighted by Gasteiger charge is 2.32. The molecule has 1 aliphatic rings. The Bertz CT molecular complexity index is 229. The topological polar surface area (TPSA) is 43.0 Å². The summed E-state index contributed by atoms with van der Waals surface area (Å²) in [7, 11) is 3.71. The van der Waals surface area contributed by atoms with E-state index in [1.165, 1.54) is 19.5 Å². The van der Waals surface area contributed by atoms with Gasteiger partial charge < -0.3 is 24.4 Å². The van der Waals surface area contributed by atoms with Gasteiger partial charge in [0.1, 0.15) is 0 Å². The molecule has 0 aromatic carbocycles. The van der Waals surface area contributed by atoms with E-state index in [0.29, 0.717) is 31.8 Å². The predicted molar refractivity (Wildman–Crippen MR) is 76.6 cm³/mol. The van der Waals surface area contributed by atoms with Crippen molar-refractivity contribution in [2.45, 2.75) is 13.3 Å². The Kier molecular flexibility index (Phi) is 8.57. The van der Waals surface area contributed by atoms with Gasteiger partial charge in [-0.05, 0) is 25.4 Å². The highest BCUT2D eigenvalue weighted by Crippen LogP contribution is 2.28. The second-order valence-electron chi connectivity index (χ2n) is 5.58. The van der Waals surface area contributed by atoms with E-state index < -0.39 is 0 Å². The lowest BCUT2D eigenvalue weighted by atomic mass is 9.90. The molecule has 0 saturated carbocycles. The molecule has 0 spiro atoms. The number of likely N-dealkylation sites (tertiary alicyclic amines) is 1. The number of nitrogens with one attached hydrogen (secondary N) is 1. The Labute approximate surface area is 117 Å². The number of rotatable bonds is 11. The maximum absolute atomic E-state index is 5.58. The Morgan fingerprint density at radius 1 is 1.11 bits per heavy atom. The zero-order valence-corrected chi connectivity index (χ0v) is 12.7. The largest absolute Gasteiger partial charge is 0.382 e. The van der Waals surface area contributed by atoms with Gasteiger partial charge in [-0.15, -0.1) is 0 Å². The van der Waals surface area contributed by atoms with Crippen LogP contribution in [0.2, 0.25) is 0 Å². The van der Waals surface area contributed by atoms with Crippen LogP contribution in [0.25, 0.3) is 0 Å². The molecule has 1 unspecified atom stereocenters. The van der Waals surface area contributed by atoms with Crippen LogP contribution >= 0.6 is 0 Å². The van der Waals surface area contributed by atoms with Crippen LogP contribution in [-0.2, 0) is 14.2 Å². The summed E-state index contributed by atoms with van der Waals surface area (Å²) in [5.74, 6) is 0. The van der Waals surface area contributed by atoms with Crippen molar-refractivity contribution < 1.29 is 14.2 Å². The van der Waals surface area contributed by atoms with Gasteiger partial charge in [0.25, 0.3) is 0 Å². The van der Waals surface area contributed by atoms with Crippen LogP contribution in [0, 0.1) is 5.41 Å². The third-order valence-electron chi connectivity index (χ3n) is 3.60. The summed E-state index contributed by atoms with van der Waals surface area (Å²) in [6, 6.07) is 0. The molecular formula is C14H30N2O3. The van der Waals surface area contributed by atoms with Crippen molar-refractivity contribution >= 4 is 0 Å². The van der Waals surface area contributed by atoms with Gasteiger partial charge in [-0.1, -0.05) is 6.92 Å². The molecule has 1 rings (SSSR count). The first-order chi connectivity index (χ1) is 9.20. The molecule has 1 atom stereocenters. The molecule has 1 saturated heterocycles. The van der Waals surface area contributed by atoms with Crippen LogP contribution in [0.3, 0.4) is 0 Å². The van der Waals surface area contributed by atoms with Crippen molar-refractivity contribution in [3.8, 4) is 0 Å². The van der Waals surface area contributed by atoms with E-state index >= 15 is 0 Å². The summed E-state index contributed by atoms with van der Waals surface area (Å²) in [6.45, 7) is 10.2. The van der Waals surface area contributed by atoms with Gasteiger partial charge in [0.2, 0.25) is 0 Å². The first kappa shape index (κ1) is 16.9. The lowest BCUT2D eigenvalue weighted by molar-refractivity contribution is 0.0202. The molecule has 5 nitrogen and oxygen atoms in total. The summed E-state index contributed by atoms with van der Waals surface area (Å²) in [6.07, 6.45) is 1.27. The number of hydrogen-bond donors (Lipinski definition) is 1. The van der Waals surface area contributed by atoms with E-state index in [9.17, 15) is 0 Å². The van der Waals surface area contributed by atoms with Gasteiger partial charge in [-0.25, -0.2) is 0 Å². The fourth-order valence-corrected chi connectivity index (χ4v) is 2.55. The SMILES string of the molecule is CNCC1(C)CCN(CCOCCOCCOC)C1. The number of hydrogen-bond acceptors (Lipinski definition) is 5. The zero-order valence-electron chi connectivity index (χ0n) is 12.7. The average molecular weight is 274 g/mol. The minimum atomic E-state index is 0.429. The van der Waals surface area contributed by atoms with Crippen LogP contribution in [0.5, 0.6) is 0 Å². The Morgan fingerprint density at radius 3 is 2.47 bits per heavy atom. The van der Waals surface area contributed by atoms with Crippen molar-refractivity contribution in [3.63, 3.8) is 0 Å². The third-order valence-corrected chi connectivity index (χ3v) is 3.60. The molecular weight excluding hydrogens is 244 g/mol. The summed E-state index contributed by atoms with van der Waals surface area (Å²) in [5, 5.41) is 3.29. The standard InChI is InChI=1S/C14H30N2O3/c1-14(12-15-2)4-5-16(13-14)6-7-18-10-11-19-9-8-17-3/h15H,4-13H2,1-3H3. The average Bonchev–Trinajstić information content (AvgIpc) is 2.75. The highest BCUT2D eigenvalue weighted by molar-refractivity contribution is 4.87. The maximum Gasteiger partial charge on any atom is 0.0701 e. The fourth-order valence-electron chi connectivity index (χ4n) is 2.55. The smallest absolute Gasteiger partial charge is 0.0701 e. The van der Waals surface area contributed by atoms with Crippen molar-refractivity contribution in [2.75, 3.05) is 73.4 Å². The molecule has 1 fully saturated rings. The summed E-state index contributed by atoms with van der Waals surface area (Å²) in [5.41, 5.74) is 0.429. The second-order valence-corrected chi connectivity index (χ2v) is 5.58. The number of methoxy groups -OCH3 is 1. The van der Waals surface area contributed by atoms with Crippen molar-refractivity contribution in [1.82, 2.24) is 10.2 Å². The van der Waals surface area contributed by atoms with Crippen LogP contribution in [0.1, 0.15) is 13.3 Å². The minimum Gasteiger partial charge on any atom is -0.382 e. The molecule has 0 bridgehead atoms. The van der Waals surface area contributed by atoms with Crippen molar-refractivity contribution in [1.29, 1.82) is 0 Å². The monoisotopic (exact) mass is 274 g/mol. The fraction of sp³-hybridized carbons (Fsp3) is 1.00. The highest BCUT2D eigenvalue weighted by atomic mass is 16.5. The molecule has 0 aliphatic carbocycles. The quantitative estimate of drug-likeness (QED) is 0.559. The molecule has 0 radical (unpaired) electrons. The summed E-state index contributed by atoms with van der Waals surface area (Å²) >= 11 is 0. The lowest BCUT2D eigenvalue weighted by Gasteiger charge is -2.24. The Balaban J connectivity index is 1.93. The van der Waals surface area contributed by atoms with E-state index in [4.69, 9.17) is 14.2 Å². The molecule has 1 aliphatic heterocycles. The van der Waals surface area contributed by atoms with Crippen LogP contribution in [0.4, 0.5) is 0 Å². The van der Waals surface area contributed by atoms with Gasteiger partial charge in [-0.3, -0.25) is 0 Å². The van der Waals surface area contributed by atoms with E-state index in [-0.39, 0.29) is 0 Å². The molecule has 114 valence electrons. The molecule has 1 N–H and O–H groups in total. The van der Waals surface area contributed by atoms with E-state index in [1.54, 1.807) is 7.11 Å². The van der Waals surface area contributed by atoms with Crippen molar-refractivity contribution in [3.05, 3.63) is 0 Å². The first-order valence-corrected chi connectivity index (χ1v) is 7.21. The minimum absolute atomic E-state index is 0.429. The zero-order chi connectivity index (χ0) is 14.0. The van der Waals surface area contributed by atoms with Gasteiger partial charge in [0, 0.05) is 26.7 Å². The van der Waals surface area contributed by atoms with Gasteiger partial charge in [0.05, 0.1) is 33.0 Å². The normalized spacial score (nSPS) is 24.2. The van der Waals surface area contributed by atoms with Gasteiger partial charge in [0.15, 0.2) is 0 Å². The second kappa shape index (κ2) is 9.66. The lowest BCUT2D eigenvalue weighted by Crippen LogP contribution is -2.34. The summed E-state index contributed by atoms with van der Waals surface area (Å²) in [4.78, 5) is 2.49. The van der Waals surface area contributed by atoms with Crippen molar-refractivity contribution in [2.24, 2.45) is 5.41 Å². The first-order valence-electron chi connectivity index (χ1n) is 7.21. The molecule has 1 heterocycles. The Hall–Kier alpha value is -0.200. The number of ether oxygens (including phenoxy) is 3. The summed E-state index contributed by atoms with van der Waals surface area (Å²) < 4.78 is 15.8. The molecule has 19 heavy (non-hydrogen) atoms. The van der Waals surface area contributed by atoms with E-state index in [2.05, 4.69) is 17.1 Å². The van der Waals surface area contributed by atoms with Crippen LogP contribution < -0.4 is 5.32 Å². The predicted octanol–water partition coefficient (Wildman–Crippen LogP) is 0.597. The van der Waals surface area contributed by atoms with E-state index in [1.807, 2.05) is 7.05 Å². The molecule has 5 heteroatoms.